The summed E-state index contributed by atoms with van der Waals surface area (Å²) in [5.74, 6) is 0.00984. The van der Waals surface area contributed by atoms with Crippen molar-refractivity contribution in [3.8, 4) is 0 Å². The summed E-state index contributed by atoms with van der Waals surface area (Å²) in [6, 6.07) is 9.45. The molecule has 0 bridgehead atoms. The van der Waals surface area contributed by atoms with Gasteiger partial charge in [0, 0.05) is 31.6 Å². The summed E-state index contributed by atoms with van der Waals surface area (Å²) in [6.07, 6.45) is 3.66. The molecule has 10 heteroatoms. The van der Waals surface area contributed by atoms with Crippen LogP contribution in [0.3, 0.4) is 0 Å². The van der Waals surface area contributed by atoms with Crippen LogP contribution in [0.2, 0.25) is 0 Å². The zero-order valence-electron chi connectivity index (χ0n) is 16.4. The molecule has 0 aliphatic carbocycles. The highest BCUT2D eigenvalue weighted by Gasteiger charge is 2.17. The molecule has 1 aliphatic rings. The average Bonchev–Trinajstić information content (AvgIpc) is 3.14. The number of nitrogens with zero attached hydrogens (tertiary/aromatic N) is 1. The van der Waals surface area contributed by atoms with Crippen molar-refractivity contribution in [3.63, 3.8) is 0 Å². The zero-order chi connectivity index (χ0) is 21.4. The van der Waals surface area contributed by atoms with Crippen LogP contribution in [-0.2, 0) is 14.8 Å². The zero-order valence-corrected chi connectivity index (χ0v) is 18.0. The van der Waals surface area contributed by atoms with Gasteiger partial charge >= 0.3 is 0 Å². The first-order chi connectivity index (χ1) is 14.4. The Labute approximate surface area is 179 Å². The molecule has 2 amide bonds. The number of nitrogens with one attached hydrogen (secondary N) is 3. The Kier molecular flexibility index (Phi) is 7.58. The topological polar surface area (TPSA) is 117 Å². The van der Waals surface area contributed by atoms with E-state index in [1.807, 2.05) is 5.38 Å². The average molecular weight is 449 g/mol. The first-order valence-corrected chi connectivity index (χ1v) is 12.1. The van der Waals surface area contributed by atoms with Gasteiger partial charge in [-0.05, 0) is 48.6 Å². The number of benzene rings is 1. The molecule has 0 saturated carbocycles. The van der Waals surface area contributed by atoms with Crippen molar-refractivity contribution in [2.45, 2.75) is 37.0 Å². The van der Waals surface area contributed by atoms with Crippen LogP contribution in [0.25, 0.3) is 0 Å². The van der Waals surface area contributed by atoms with Crippen LogP contribution in [0.15, 0.2) is 51.7 Å². The molecule has 3 N–H and O–H groups in total. The predicted octanol–water partition coefficient (Wildman–Crippen LogP) is 2.76. The van der Waals surface area contributed by atoms with Gasteiger partial charge < -0.3 is 10.6 Å². The normalized spacial score (nSPS) is 14.3. The monoisotopic (exact) mass is 448 g/mol. The van der Waals surface area contributed by atoms with Gasteiger partial charge in [-0.2, -0.15) is 0 Å². The molecule has 0 unspecified atom stereocenters. The third-order valence-corrected chi connectivity index (χ3v) is 6.72. The summed E-state index contributed by atoms with van der Waals surface area (Å²) in [5.41, 5.74) is 0.482. The molecule has 1 aromatic heterocycles. The highest BCUT2D eigenvalue weighted by Crippen LogP contribution is 2.15. The van der Waals surface area contributed by atoms with E-state index >= 15 is 0 Å². The Hall–Kier alpha value is -2.72. The number of aliphatic imine (C=N–C) groups is 1. The van der Waals surface area contributed by atoms with Crippen LogP contribution in [0.5, 0.6) is 0 Å². The quantitative estimate of drug-likeness (QED) is 0.604. The lowest BCUT2D eigenvalue weighted by atomic mass is 10.2. The number of hydrogen-bond acceptors (Lipinski definition) is 6. The van der Waals surface area contributed by atoms with Crippen LogP contribution in [0, 0.1) is 0 Å². The van der Waals surface area contributed by atoms with Crippen LogP contribution in [-0.4, -0.2) is 39.2 Å². The highest BCUT2D eigenvalue weighted by atomic mass is 32.2. The molecule has 1 aromatic carbocycles. The molecule has 2 aromatic rings. The van der Waals surface area contributed by atoms with Gasteiger partial charge in [0.2, 0.25) is 5.91 Å². The lowest BCUT2D eigenvalue weighted by molar-refractivity contribution is -0.116. The Bertz CT molecular complexity index is 1000. The van der Waals surface area contributed by atoms with Crippen LogP contribution < -0.4 is 15.4 Å². The second-order valence-electron chi connectivity index (χ2n) is 6.80. The van der Waals surface area contributed by atoms with Crippen LogP contribution >= 0.6 is 11.3 Å². The molecule has 30 heavy (non-hydrogen) atoms. The smallest absolute Gasteiger partial charge is 0.262 e. The Balaban J connectivity index is 1.49. The molecule has 0 radical (unpaired) electrons. The first-order valence-electron chi connectivity index (χ1n) is 9.72. The second-order valence-corrected chi connectivity index (χ2v) is 9.43. The summed E-state index contributed by atoms with van der Waals surface area (Å²) in [6.45, 7) is 0.845. The molecule has 160 valence electrons. The summed E-state index contributed by atoms with van der Waals surface area (Å²) in [4.78, 5) is 28.9. The van der Waals surface area contributed by atoms with E-state index in [1.165, 1.54) is 35.6 Å². The lowest BCUT2D eigenvalue weighted by Crippen LogP contribution is -2.30. The molecule has 1 aliphatic heterocycles. The van der Waals surface area contributed by atoms with Crippen molar-refractivity contribution in [3.05, 3.63) is 46.7 Å². The minimum absolute atomic E-state index is 0.107. The number of anilines is 1. The van der Waals surface area contributed by atoms with E-state index in [1.54, 1.807) is 12.1 Å². The van der Waals surface area contributed by atoms with Gasteiger partial charge in [-0.1, -0.05) is 12.5 Å². The Morgan fingerprint density at radius 1 is 1.07 bits per heavy atom. The summed E-state index contributed by atoms with van der Waals surface area (Å²) in [5, 5.41) is 7.19. The minimum Gasteiger partial charge on any atom is -0.351 e. The van der Waals surface area contributed by atoms with Crippen LogP contribution in [0.4, 0.5) is 5.69 Å². The van der Waals surface area contributed by atoms with E-state index in [-0.39, 0.29) is 29.7 Å². The maximum absolute atomic E-state index is 12.5. The molecule has 0 spiro atoms. The number of sulfonamides is 1. The van der Waals surface area contributed by atoms with Crippen molar-refractivity contribution in [1.82, 2.24) is 10.0 Å². The first kappa shape index (κ1) is 22.0. The number of carbonyl (C=O) groups is 2. The fraction of sp³-hybridized carbons (Fsp3) is 0.350. The molecule has 8 nitrogen and oxygen atoms in total. The third-order valence-electron chi connectivity index (χ3n) is 4.46. The van der Waals surface area contributed by atoms with E-state index in [9.17, 15) is 18.0 Å². The fourth-order valence-corrected chi connectivity index (χ4v) is 4.63. The summed E-state index contributed by atoms with van der Waals surface area (Å²) in [7, 11) is -3.71. The number of thiophene rings is 1. The lowest BCUT2D eigenvalue weighted by Gasteiger charge is -2.11. The van der Waals surface area contributed by atoms with Crippen molar-refractivity contribution < 1.29 is 18.0 Å². The van der Waals surface area contributed by atoms with Gasteiger partial charge in [-0.3, -0.25) is 19.3 Å². The minimum atomic E-state index is -3.71. The van der Waals surface area contributed by atoms with E-state index in [2.05, 4.69) is 20.3 Å². The van der Waals surface area contributed by atoms with E-state index in [0.717, 1.165) is 19.3 Å². The number of amidine groups is 1. The van der Waals surface area contributed by atoms with Gasteiger partial charge in [0.1, 0.15) is 5.84 Å². The van der Waals surface area contributed by atoms with Gasteiger partial charge in [0.25, 0.3) is 15.9 Å². The molecule has 0 fully saturated rings. The van der Waals surface area contributed by atoms with Crippen molar-refractivity contribution in [2.75, 3.05) is 18.4 Å². The molecular formula is C20H24N4O4S2. The Morgan fingerprint density at radius 3 is 2.60 bits per heavy atom. The van der Waals surface area contributed by atoms with E-state index < -0.39 is 10.0 Å². The van der Waals surface area contributed by atoms with Gasteiger partial charge in [-0.15, -0.1) is 11.3 Å². The third kappa shape index (κ3) is 6.39. The number of carbonyl (C=O) groups excluding carboxylic acids is 2. The Morgan fingerprint density at radius 2 is 1.87 bits per heavy atom. The van der Waals surface area contributed by atoms with Gasteiger partial charge in [0.05, 0.1) is 9.77 Å². The molecular weight excluding hydrogens is 424 g/mol. The summed E-state index contributed by atoms with van der Waals surface area (Å²) >= 11 is 1.33. The summed E-state index contributed by atoms with van der Waals surface area (Å²) < 4.78 is 27.6. The number of amides is 2. The molecule has 2 heterocycles. The highest BCUT2D eigenvalue weighted by molar-refractivity contribution is 7.90. The van der Waals surface area contributed by atoms with Crippen molar-refractivity contribution in [1.29, 1.82) is 0 Å². The van der Waals surface area contributed by atoms with Gasteiger partial charge in [-0.25, -0.2) is 8.42 Å². The fourth-order valence-electron chi connectivity index (χ4n) is 2.90. The second kappa shape index (κ2) is 10.4. The van der Waals surface area contributed by atoms with Gasteiger partial charge in [0.15, 0.2) is 0 Å². The van der Waals surface area contributed by atoms with E-state index in [4.69, 9.17) is 0 Å². The van der Waals surface area contributed by atoms with Crippen LogP contribution in [0.1, 0.15) is 41.8 Å². The predicted molar refractivity (Wildman–Crippen MR) is 117 cm³/mol. The SMILES string of the molecule is O=C(CCNC(=O)c1cccs1)Nc1ccc(S(=O)(=O)NC2=NCCCCC2)cc1. The largest absolute Gasteiger partial charge is 0.351 e. The van der Waals surface area contributed by atoms with E-state index in [0.29, 0.717) is 29.4 Å². The molecule has 0 atom stereocenters. The maximum atomic E-state index is 12.5. The molecule has 0 saturated heterocycles. The molecule has 3 rings (SSSR count). The standard InChI is InChI=1S/C20H24N4O4S2/c25-19(11-13-22-20(26)17-5-4-14-29-17)23-15-7-9-16(10-8-15)30(27,28)24-18-6-2-1-3-12-21-18/h4-5,7-10,14H,1-3,6,11-13H2,(H,21,24)(H,22,26)(H,23,25). The number of hydrogen-bond donors (Lipinski definition) is 3. The number of rotatable bonds is 7. The van der Waals surface area contributed by atoms with Crippen molar-refractivity contribution in [2.24, 2.45) is 4.99 Å². The van der Waals surface area contributed by atoms with Crippen molar-refractivity contribution >= 4 is 44.7 Å². The maximum Gasteiger partial charge on any atom is 0.262 e.